The molecule has 1 N–H and O–H groups in total. The first-order chi connectivity index (χ1) is 9.70. The smallest absolute Gasteiger partial charge is 0.251 e. The van der Waals surface area contributed by atoms with Gasteiger partial charge in [0, 0.05) is 18.7 Å². The Balaban J connectivity index is 1.83. The van der Waals surface area contributed by atoms with Crippen molar-refractivity contribution >= 4 is 11.8 Å². The van der Waals surface area contributed by atoms with Crippen molar-refractivity contribution in [3.63, 3.8) is 0 Å². The maximum Gasteiger partial charge on any atom is 0.251 e. The topological polar surface area (TPSA) is 67.9 Å². The molecule has 0 saturated carbocycles. The van der Waals surface area contributed by atoms with Crippen LogP contribution in [0.3, 0.4) is 0 Å². The standard InChI is InChI=1S/C14H18N2O4/c1-19-12-4-2-11(3-5-12)14(18)15-10-13(17)16-6-8-20-9-7-16/h2-5H,6-10H2,1H3,(H,15,18). The molecule has 2 amide bonds. The third-order valence-corrected chi connectivity index (χ3v) is 3.12. The van der Waals surface area contributed by atoms with E-state index in [4.69, 9.17) is 9.47 Å². The second kappa shape index (κ2) is 6.91. The Bertz CT molecular complexity index is 467. The monoisotopic (exact) mass is 278 g/mol. The lowest BCUT2D eigenvalue weighted by Crippen LogP contribution is -2.45. The molecule has 1 fully saturated rings. The summed E-state index contributed by atoms with van der Waals surface area (Å²) in [7, 11) is 1.57. The minimum atomic E-state index is -0.269. The molecular formula is C14H18N2O4. The Labute approximate surface area is 117 Å². The van der Waals surface area contributed by atoms with Crippen molar-refractivity contribution in [3.05, 3.63) is 29.8 Å². The zero-order chi connectivity index (χ0) is 14.4. The molecular weight excluding hydrogens is 260 g/mol. The molecule has 6 heteroatoms. The predicted octanol–water partition coefficient (Wildman–Crippen LogP) is 0.284. The van der Waals surface area contributed by atoms with Crippen LogP contribution in [0.15, 0.2) is 24.3 Å². The highest BCUT2D eigenvalue weighted by Gasteiger charge is 2.17. The van der Waals surface area contributed by atoms with E-state index in [1.807, 2.05) is 0 Å². The fourth-order valence-electron chi connectivity index (χ4n) is 1.92. The number of hydrogen-bond acceptors (Lipinski definition) is 4. The van der Waals surface area contributed by atoms with Crippen molar-refractivity contribution < 1.29 is 19.1 Å². The van der Waals surface area contributed by atoms with Gasteiger partial charge in [0.05, 0.1) is 26.9 Å². The molecule has 1 aliphatic heterocycles. The molecule has 1 aromatic rings. The summed E-state index contributed by atoms with van der Waals surface area (Å²) in [5.74, 6) is 0.329. The summed E-state index contributed by atoms with van der Waals surface area (Å²) in [6.07, 6.45) is 0. The van der Waals surface area contributed by atoms with Crippen molar-refractivity contribution in [1.29, 1.82) is 0 Å². The Hall–Kier alpha value is -2.08. The Kier molecular flexibility index (Phi) is 4.95. The summed E-state index contributed by atoms with van der Waals surface area (Å²) in [4.78, 5) is 25.4. The van der Waals surface area contributed by atoms with Crippen LogP contribution in [0.1, 0.15) is 10.4 Å². The third-order valence-electron chi connectivity index (χ3n) is 3.12. The molecule has 1 aromatic carbocycles. The van der Waals surface area contributed by atoms with Crippen LogP contribution < -0.4 is 10.1 Å². The molecule has 0 aliphatic carbocycles. The summed E-state index contributed by atoms with van der Waals surface area (Å²) in [6, 6.07) is 6.73. The summed E-state index contributed by atoms with van der Waals surface area (Å²) in [5.41, 5.74) is 0.501. The summed E-state index contributed by atoms with van der Waals surface area (Å²) < 4.78 is 10.2. The number of morpholine rings is 1. The number of carbonyl (C=O) groups excluding carboxylic acids is 2. The Morgan fingerprint density at radius 1 is 1.25 bits per heavy atom. The summed E-state index contributed by atoms with van der Waals surface area (Å²) in [5, 5.41) is 2.62. The molecule has 0 unspecified atom stereocenters. The van der Waals surface area contributed by atoms with Crippen LogP contribution in [0, 0.1) is 0 Å². The minimum Gasteiger partial charge on any atom is -0.497 e. The summed E-state index contributed by atoms with van der Waals surface area (Å²) in [6.45, 7) is 2.27. The van der Waals surface area contributed by atoms with Gasteiger partial charge in [-0.05, 0) is 24.3 Å². The predicted molar refractivity (Wildman–Crippen MR) is 72.7 cm³/mol. The molecule has 0 atom stereocenters. The zero-order valence-electron chi connectivity index (χ0n) is 11.4. The Morgan fingerprint density at radius 3 is 2.50 bits per heavy atom. The SMILES string of the molecule is COc1ccc(C(=O)NCC(=O)N2CCOCC2)cc1. The van der Waals surface area contributed by atoms with Gasteiger partial charge in [-0.1, -0.05) is 0 Å². The van der Waals surface area contributed by atoms with Gasteiger partial charge in [0.2, 0.25) is 5.91 Å². The molecule has 6 nitrogen and oxygen atoms in total. The number of nitrogens with one attached hydrogen (secondary N) is 1. The van der Waals surface area contributed by atoms with Crippen LogP contribution in [0.4, 0.5) is 0 Å². The van der Waals surface area contributed by atoms with Crippen molar-refractivity contribution in [2.75, 3.05) is 40.0 Å². The number of hydrogen-bond donors (Lipinski definition) is 1. The third kappa shape index (κ3) is 3.71. The van der Waals surface area contributed by atoms with Crippen molar-refractivity contribution in [2.45, 2.75) is 0 Å². The lowest BCUT2D eigenvalue weighted by molar-refractivity contribution is -0.134. The first-order valence-electron chi connectivity index (χ1n) is 6.48. The van der Waals surface area contributed by atoms with Gasteiger partial charge in [0.25, 0.3) is 5.91 Å². The van der Waals surface area contributed by atoms with Gasteiger partial charge in [-0.2, -0.15) is 0 Å². The van der Waals surface area contributed by atoms with Gasteiger partial charge in [0.15, 0.2) is 0 Å². The number of amides is 2. The van der Waals surface area contributed by atoms with Gasteiger partial charge in [-0.25, -0.2) is 0 Å². The average molecular weight is 278 g/mol. The van der Waals surface area contributed by atoms with Crippen molar-refractivity contribution in [2.24, 2.45) is 0 Å². The molecule has 0 bridgehead atoms. The lowest BCUT2D eigenvalue weighted by atomic mass is 10.2. The van der Waals surface area contributed by atoms with E-state index in [0.29, 0.717) is 37.6 Å². The largest absolute Gasteiger partial charge is 0.497 e. The highest BCUT2D eigenvalue weighted by molar-refractivity contribution is 5.96. The molecule has 108 valence electrons. The quantitative estimate of drug-likeness (QED) is 0.859. The van der Waals surface area contributed by atoms with Crippen LogP contribution in [-0.4, -0.2) is 56.7 Å². The maximum atomic E-state index is 11.9. The average Bonchev–Trinajstić information content (AvgIpc) is 2.53. The second-order valence-corrected chi connectivity index (χ2v) is 4.40. The fourth-order valence-corrected chi connectivity index (χ4v) is 1.92. The van der Waals surface area contributed by atoms with Crippen LogP contribution >= 0.6 is 0 Å². The van der Waals surface area contributed by atoms with E-state index in [0.717, 1.165) is 0 Å². The maximum absolute atomic E-state index is 11.9. The molecule has 1 saturated heterocycles. The number of nitrogens with zero attached hydrogens (tertiary/aromatic N) is 1. The normalized spacial score (nSPS) is 14.8. The highest BCUT2D eigenvalue weighted by Crippen LogP contribution is 2.11. The first kappa shape index (κ1) is 14.3. The molecule has 2 rings (SSSR count). The van der Waals surface area contributed by atoms with Gasteiger partial charge in [-0.15, -0.1) is 0 Å². The highest BCUT2D eigenvalue weighted by atomic mass is 16.5. The van der Waals surface area contributed by atoms with E-state index < -0.39 is 0 Å². The van der Waals surface area contributed by atoms with Gasteiger partial charge >= 0.3 is 0 Å². The molecule has 0 aromatic heterocycles. The number of benzene rings is 1. The molecule has 0 spiro atoms. The zero-order valence-corrected chi connectivity index (χ0v) is 11.4. The van der Waals surface area contributed by atoms with E-state index in [1.54, 1.807) is 36.3 Å². The number of carbonyl (C=O) groups is 2. The molecule has 20 heavy (non-hydrogen) atoms. The van der Waals surface area contributed by atoms with E-state index in [-0.39, 0.29) is 18.4 Å². The van der Waals surface area contributed by atoms with E-state index >= 15 is 0 Å². The first-order valence-corrected chi connectivity index (χ1v) is 6.48. The van der Waals surface area contributed by atoms with E-state index in [2.05, 4.69) is 5.32 Å². The fraction of sp³-hybridized carbons (Fsp3) is 0.429. The van der Waals surface area contributed by atoms with Crippen LogP contribution in [0.2, 0.25) is 0 Å². The van der Waals surface area contributed by atoms with E-state index in [1.165, 1.54) is 0 Å². The number of methoxy groups -OCH3 is 1. The summed E-state index contributed by atoms with van der Waals surface area (Å²) >= 11 is 0. The molecule has 0 radical (unpaired) electrons. The van der Waals surface area contributed by atoms with E-state index in [9.17, 15) is 9.59 Å². The van der Waals surface area contributed by atoms with Crippen LogP contribution in [0.25, 0.3) is 0 Å². The number of ether oxygens (including phenoxy) is 2. The molecule has 1 aliphatic rings. The van der Waals surface area contributed by atoms with Crippen molar-refractivity contribution in [1.82, 2.24) is 10.2 Å². The minimum absolute atomic E-state index is 0.00482. The van der Waals surface area contributed by atoms with Crippen molar-refractivity contribution in [3.8, 4) is 5.75 Å². The Morgan fingerprint density at radius 2 is 1.90 bits per heavy atom. The lowest BCUT2D eigenvalue weighted by Gasteiger charge is -2.26. The van der Waals surface area contributed by atoms with Gasteiger partial charge in [-0.3, -0.25) is 9.59 Å². The second-order valence-electron chi connectivity index (χ2n) is 4.40. The van der Waals surface area contributed by atoms with Gasteiger partial charge in [0.1, 0.15) is 5.75 Å². The van der Waals surface area contributed by atoms with Crippen LogP contribution in [0.5, 0.6) is 5.75 Å². The van der Waals surface area contributed by atoms with Crippen LogP contribution in [-0.2, 0) is 9.53 Å². The molecule has 1 heterocycles. The number of rotatable bonds is 4. The van der Waals surface area contributed by atoms with Gasteiger partial charge < -0.3 is 19.7 Å².